The molecule has 0 saturated carbocycles. The molecular formula is C11H14N2O2. The number of hydrogen-bond acceptors (Lipinski definition) is 3. The fourth-order valence-corrected chi connectivity index (χ4v) is 1.93. The number of pyridine rings is 1. The molecule has 1 aliphatic heterocycles. The van der Waals surface area contributed by atoms with Crippen LogP contribution in [0.3, 0.4) is 0 Å². The lowest BCUT2D eigenvalue weighted by Crippen LogP contribution is -2.36. The third-order valence-corrected chi connectivity index (χ3v) is 2.73. The summed E-state index contributed by atoms with van der Waals surface area (Å²) < 4.78 is 0. The van der Waals surface area contributed by atoms with Crippen LogP contribution in [0.15, 0.2) is 18.3 Å². The summed E-state index contributed by atoms with van der Waals surface area (Å²) in [6.45, 7) is 2.75. The van der Waals surface area contributed by atoms with Gasteiger partial charge in [0.2, 0.25) is 0 Å². The highest BCUT2D eigenvalue weighted by Crippen LogP contribution is 2.23. The summed E-state index contributed by atoms with van der Waals surface area (Å²) in [5.41, 5.74) is 1.09. The Bertz CT molecular complexity index is 361. The van der Waals surface area contributed by atoms with Crippen molar-refractivity contribution in [2.24, 2.45) is 0 Å². The number of nitrogens with zero attached hydrogens (tertiary/aromatic N) is 2. The molecule has 1 aromatic heterocycles. The maximum Gasteiger partial charge on any atom is 0.326 e. The summed E-state index contributed by atoms with van der Waals surface area (Å²) in [4.78, 5) is 17.1. The molecule has 1 saturated heterocycles. The van der Waals surface area contributed by atoms with Gasteiger partial charge in [0.25, 0.3) is 0 Å². The Morgan fingerprint density at radius 2 is 2.40 bits per heavy atom. The van der Waals surface area contributed by atoms with Crippen molar-refractivity contribution in [2.45, 2.75) is 25.8 Å². The molecule has 2 heterocycles. The lowest BCUT2D eigenvalue weighted by atomic mass is 10.2. The van der Waals surface area contributed by atoms with Gasteiger partial charge in [-0.1, -0.05) is 6.07 Å². The number of carbonyl (C=O) groups is 1. The summed E-state index contributed by atoms with van der Waals surface area (Å²) in [6, 6.07) is 3.44. The van der Waals surface area contributed by atoms with Crippen LogP contribution in [0.5, 0.6) is 0 Å². The van der Waals surface area contributed by atoms with Gasteiger partial charge < -0.3 is 10.0 Å². The van der Waals surface area contributed by atoms with Crippen LogP contribution >= 0.6 is 0 Å². The molecule has 1 unspecified atom stereocenters. The van der Waals surface area contributed by atoms with Crippen molar-refractivity contribution in [1.29, 1.82) is 0 Å². The Hall–Kier alpha value is -1.58. The van der Waals surface area contributed by atoms with E-state index in [1.165, 1.54) is 0 Å². The molecule has 4 nitrogen and oxygen atoms in total. The van der Waals surface area contributed by atoms with E-state index in [0.717, 1.165) is 24.3 Å². The van der Waals surface area contributed by atoms with Gasteiger partial charge in [0.15, 0.2) is 0 Å². The predicted molar refractivity (Wildman–Crippen MR) is 57.0 cm³/mol. The second kappa shape index (κ2) is 3.88. The number of hydrogen-bond donors (Lipinski definition) is 1. The fraction of sp³-hybridized carbons (Fsp3) is 0.455. The summed E-state index contributed by atoms with van der Waals surface area (Å²) in [5.74, 6) is 0.0142. The predicted octanol–water partition coefficient (Wildman–Crippen LogP) is 1.44. The number of carboxylic acids is 1. The first-order valence-corrected chi connectivity index (χ1v) is 5.10. The normalized spacial score (nSPS) is 20.6. The zero-order valence-corrected chi connectivity index (χ0v) is 8.68. The Morgan fingerprint density at radius 3 is 3.00 bits per heavy atom. The summed E-state index contributed by atoms with van der Waals surface area (Å²) in [5, 5.41) is 9.03. The van der Waals surface area contributed by atoms with Gasteiger partial charge in [0.1, 0.15) is 11.9 Å². The third-order valence-electron chi connectivity index (χ3n) is 2.73. The highest BCUT2D eigenvalue weighted by molar-refractivity contribution is 5.78. The molecule has 80 valence electrons. The topological polar surface area (TPSA) is 53.4 Å². The molecular weight excluding hydrogens is 192 g/mol. The van der Waals surface area contributed by atoms with Crippen LogP contribution in [0.4, 0.5) is 5.82 Å². The Kier molecular flexibility index (Phi) is 2.58. The molecule has 1 fully saturated rings. The molecule has 2 rings (SSSR count). The van der Waals surface area contributed by atoms with Crippen molar-refractivity contribution < 1.29 is 9.90 Å². The van der Waals surface area contributed by atoms with E-state index in [1.54, 1.807) is 6.20 Å². The first-order valence-electron chi connectivity index (χ1n) is 5.10. The maximum absolute atomic E-state index is 11.0. The van der Waals surface area contributed by atoms with E-state index in [2.05, 4.69) is 4.98 Å². The number of aliphatic carboxylic acids is 1. The van der Waals surface area contributed by atoms with Gasteiger partial charge in [-0.05, 0) is 31.4 Å². The molecule has 0 radical (unpaired) electrons. The maximum atomic E-state index is 11.0. The molecule has 0 amide bonds. The van der Waals surface area contributed by atoms with Crippen molar-refractivity contribution in [3.8, 4) is 0 Å². The second-order valence-corrected chi connectivity index (χ2v) is 3.88. The smallest absolute Gasteiger partial charge is 0.326 e. The van der Waals surface area contributed by atoms with Crippen molar-refractivity contribution in [1.82, 2.24) is 4.98 Å². The number of aromatic nitrogens is 1. The minimum absolute atomic E-state index is 0.403. The quantitative estimate of drug-likeness (QED) is 0.795. The van der Waals surface area contributed by atoms with Crippen molar-refractivity contribution in [2.75, 3.05) is 11.4 Å². The van der Waals surface area contributed by atoms with E-state index in [0.29, 0.717) is 6.42 Å². The van der Waals surface area contributed by atoms with Gasteiger partial charge in [-0.2, -0.15) is 0 Å². The minimum atomic E-state index is -0.755. The Balaban J connectivity index is 2.22. The molecule has 15 heavy (non-hydrogen) atoms. The van der Waals surface area contributed by atoms with E-state index in [1.807, 2.05) is 24.0 Å². The van der Waals surface area contributed by atoms with E-state index >= 15 is 0 Å². The van der Waals surface area contributed by atoms with Crippen LogP contribution < -0.4 is 4.90 Å². The summed E-state index contributed by atoms with van der Waals surface area (Å²) in [6.07, 6.45) is 3.41. The van der Waals surface area contributed by atoms with Crippen LogP contribution in [0.2, 0.25) is 0 Å². The van der Waals surface area contributed by atoms with Crippen molar-refractivity contribution in [3.05, 3.63) is 23.9 Å². The van der Waals surface area contributed by atoms with Gasteiger partial charge in [0, 0.05) is 12.7 Å². The van der Waals surface area contributed by atoms with Gasteiger partial charge in [0.05, 0.1) is 0 Å². The third kappa shape index (κ3) is 1.93. The molecule has 1 aromatic rings. The molecule has 0 bridgehead atoms. The highest BCUT2D eigenvalue weighted by atomic mass is 16.4. The first-order chi connectivity index (χ1) is 7.18. The van der Waals surface area contributed by atoms with Gasteiger partial charge in [-0.15, -0.1) is 0 Å². The molecule has 0 aromatic carbocycles. The number of rotatable bonds is 2. The second-order valence-electron chi connectivity index (χ2n) is 3.88. The van der Waals surface area contributed by atoms with Gasteiger partial charge in [-0.25, -0.2) is 9.78 Å². The summed E-state index contributed by atoms with van der Waals surface area (Å²) in [7, 11) is 0. The molecule has 1 aliphatic rings. The Labute approximate surface area is 88.6 Å². The SMILES string of the molecule is Cc1ccc(N2CCCC2C(=O)O)nc1. The minimum Gasteiger partial charge on any atom is -0.480 e. The van der Waals surface area contributed by atoms with Crippen LogP contribution in [0.25, 0.3) is 0 Å². The molecule has 4 heteroatoms. The number of aryl methyl sites for hydroxylation is 1. The lowest BCUT2D eigenvalue weighted by molar-refractivity contribution is -0.138. The first kappa shape index (κ1) is 9.96. The molecule has 0 aliphatic carbocycles. The average Bonchev–Trinajstić information content (AvgIpc) is 2.67. The Morgan fingerprint density at radius 1 is 1.60 bits per heavy atom. The largest absolute Gasteiger partial charge is 0.480 e. The van der Waals surface area contributed by atoms with E-state index in [4.69, 9.17) is 5.11 Å². The molecule has 1 atom stereocenters. The van der Waals surface area contributed by atoms with Crippen LogP contribution in [-0.4, -0.2) is 28.6 Å². The van der Waals surface area contributed by atoms with Crippen LogP contribution in [-0.2, 0) is 4.79 Å². The summed E-state index contributed by atoms with van der Waals surface area (Å²) >= 11 is 0. The molecule has 0 spiro atoms. The van der Waals surface area contributed by atoms with Crippen molar-refractivity contribution in [3.63, 3.8) is 0 Å². The van der Waals surface area contributed by atoms with Crippen LogP contribution in [0.1, 0.15) is 18.4 Å². The zero-order chi connectivity index (χ0) is 10.8. The monoisotopic (exact) mass is 206 g/mol. The highest BCUT2D eigenvalue weighted by Gasteiger charge is 2.31. The average molecular weight is 206 g/mol. The fourth-order valence-electron chi connectivity index (χ4n) is 1.93. The van der Waals surface area contributed by atoms with E-state index in [9.17, 15) is 4.79 Å². The number of carboxylic acid groups (broad SMARTS) is 1. The standard InChI is InChI=1S/C11H14N2O2/c1-8-4-5-10(12-7-8)13-6-2-3-9(13)11(14)15/h4-5,7,9H,2-3,6H2,1H3,(H,14,15). The van der Waals surface area contributed by atoms with Crippen LogP contribution in [0, 0.1) is 6.92 Å². The number of anilines is 1. The van der Waals surface area contributed by atoms with Crippen molar-refractivity contribution >= 4 is 11.8 Å². The van der Waals surface area contributed by atoms with Gasteiger partial charge >= 0.3 is 5.97 Å². The van der Waals surface area contributed by atoms with E-state index in [-0.39, 0.29) is 0 Å². The lowest BCUT2D eigenvalue weighted by Gasteiger charge is -2.22. The van der Waals surface area contributed by atoms with Gasteiger partial charge in [-0.3, -0.25) is 0 Å². The van der Waals surface area contributed by atoms with E-state index < -0.39 is 12.0 Å². The molecule has 1 N–H and O–H groups in total. The zero-order valence-electron chi connectivity index (χ0n) is 8.68.